The normalized spacial score (nSPS) is 11.8. The van der Waals surface area contributed by atoms with Gasteiger partial charge in [0, 0.05) is 23.9 Å². The van der Waals surface area contributed by atoms with Gasteiger partial charge in [-0.05, 0) is 24.6 Å². The van der Waals surface area contributed by atoms with Crippen molar-refractivity contribution in [1.82, 2.24) is 0 Å². The standard InChI is InChI=1S/C14H14N2O2/c1-11(15-13-5-3-2-4-6-13)12-7-9-14(10-8-12)16(17)18/h2-11,15H,1H3/t11-/m0/s1. The number of nitro groups is 1. The van der Waals surface area contributed by atoms with E-state index in [2.05, 4.69) is 5.32 Å². The van der Waals surface area contributed by atoms with Crippen LogP contribution in [0.15, 0.2) is 54.6 Å². The highest BCUT2D eigenvalue weighted by Crippen LogP contribution is 2.21. The summed E-state index contributed by atoms with van der Waals surface area (Å²) in [5.41, 5.74) is 2.17. The van der Waals surface area contributed by atoms with E-state index in [1.54, 1.807) is 12.1 Å². The number of para-hydroxylation sites is 1. The summed E-state index contributed by atoms with van der Waals surface area (Å²) in [6.45, 7) is 2.02. The highest BCUT2D eigenvalue weighted by molar-refractivity contribution is 5.45. The second-order valence-corrected chi connectivity index (χ2v) is 4.08. The van der Waals surface area contributed by atoms with Gasteiger partial charge in [-0.15, -0.1) is 0 Å². The molecule has 0 amide bonds. The lowest BCUT2D eigenvalue weighted by Gasteiger charge is -2.15. The molecule has 4 nitrogen and oxygen atoms in total. The predicted octanol–water partition coefficient (Wildman–Crippen LogP) is 3.77. The second kappa shape index (κ2) is 5.31. The zero-order valence-corrected chi connectivity index (χ0v) is 10.0. The van der Waals surface area contributed by atoms with E-state index < -0.39 is 0 Å². The number of nitro benzene ring substituents is 1. The Bertz CT molecular complexity index is 523. The van der Waals surface area contributed by atoms with Gasteiger partial charge in [-0.2, -0.15) is 0 Å². The molecule has 0 radical (unpaired) electrons. The van der Waals surface area contributed by atoms with Crippen LogP contribution in [0, 0.1) is 10.1 Å². The quantitative estimate of drug-likeness (QED) is 0.656. The van der Waals surface area contributed by atoms with E-state index in [1.165, 1.54) is 12.1 Å². The topological polar surface area (TPSA) is 55.2 Å². The van der Waals surface area contributed by atoms with Gasteiger partial charge >= 0.3 is 0 Å². The van der Waals surface area contributed by atoms with E-state index in [4.69, 9.17) is 0 Å². The van der Waals surface area contributed by atoms with Crippen LogP contribution in [0.2, 0.25) is 0 Å². The molecule has 0 aliphatic carbocycles. The molecular formula is C14H14N2O2. The molecule has 1 N–H and O–H groups in total. The number of hydrogen-bond donors (Lipinski definition) is 1. The minimum Gasteiger partial charge on any atom is -0.379 e. The third-order valence-corrected chi connectivity index (χ3v) is 2.76. The maximum Gasteiger partial charge on any atom is 0.269 e. The number of benzene rings is 2. The molecule has 2 rings (SSSR count). The molecule has 2 aromatic carbocycles. The van der Waals surface area contributed by atoms with E-state index in [0.717, 1.165) is 11.3 Å². The van der Waals surface area contributed by atoms with Crippen LogP contribution in [0.1, 0.15) is 18.5 Å². The molecule has 18 heavy (non-hydrogen) atoms. The number of nitrogens with one attached hydrogen (secondary N) is 1. The fourth-order valence-corrected chi connectivity index (χ4v) is 1.75. The largest absolute Gasteiger partial charge is 0.379 e. The summed E-state index contributed by atoms with van der Waals surface area (Å²) in [5, 5.41) is 13.9. The van der Waals surface area contributed by atoms with Crippen molar-refractivity contribution in [2.75, 3.05) is 5.32 Å². The van der Waals surface area contributed by atoms with Gasteiger partial charge in [0.1, 0.15) is 0 Å². The minimum absolute atomic E-state index is 0.105. The summed E-state index contributed by atoms with van der Waals surface area (Å²) in [4.78, 5) is 10.2. The molecule has 2 aromatic rings. The van der Waals surface area contributed by atoms with E-state index in [0.29, 0.717) is 0 Å². The Balaban J connectivity index is 2.09. The van der Waals surface area contributed by atoms with Crippen molar-refractivity contribution >= 4 is 11.4 Å². The summed E-state index contributed by atoms with van der Waals surface area (Å²) >= 11 is 0. The fourth-order valence-electron chi connectivity index (χ4n) is 1.75. The molecule has 0 bridgehead atoms. The molecule has 0 spiro atoms. The van der Waals surface area contributed by atoms with Crippen LogP contribution in [0.3, 0.4) is 0 Å². The van der Waals surface area contributed by atoms with E-state index in [-0.39, 0.29) is 16.7 Å². The molecule has 1 atom stereocenters. The second-order valence-electron chi connectivity index (χ2n) is 4.08. The summed E-state index contributed by atoms with van der Waals surface area (Å²) in [6.07, 6.45) is 0. The van der Waals surface area contributed by atoms with Crippen LogP contribution in [-0.2, 0) is 0 Å². The van der Waals surface area contributed by atoms with Crippen LogP contribution >= 0.6 is 0 Å². The Kier molecular flexibility index (Phi) is 3.57. The fraction of sp³-hybridized carbons (Fsp3) is 0.143. The molecule has 4 heteroatoms. The summed E-state index contributed by atoms with van der Waals surface area (Å²) < 4.78 is 0. The Hall–Kier alpha value is -2.36. The van der Waals surface area contributed by atoms with Crippen molar-refractivity contribution in [3.63, 3.8) is 0 Å². The summed E-state index contributed by atoms with van der Waals surface area (Å²) in [6, 6.07) is 16.6. The minimum atomic E-state index is -0.390. The first kappa shape index (κ1) is 12.1. The molecule has 0 unspecified atom stereocenters. The molecule has 0 fully saturated rings. The van der Waals surface area contributed by atoms with E-state index in [1.807, 2.05) is 37.3 Å². The highest BCUT2D eigenvalue weighted by Gasteiger charge is 2.08. The third-order valence-electron chi connectivity index (χ3n) is 2.76. The first-order chi connectivity index (χ1) is 8.66. The molecule has 0 aromatic heterocycles. The summed E-state index contributed by atoms with van der Waals surface area (Å²) in [7, 11) is 0. The third kappa shape index (κ3) is 2.85. The molecule has 92 valence electrons. The monoisotopic (exact) mass is 242 g/mol. The van der Waals surface area contributed by atoms with Crippen molar-refractivity contribution in [3.05, 3.63) is 70.3 Å². The van der Waals surface area contributed by atoms with Crippen molar-refractivity contribution in [3.8, 4) is 0 Å². The maximum atomic E-state index is 10.6. The number of rotatable bonds is 4. The molecule has 0 aliphatic heterocycles. The lowest BCUT2D eigenvalue weighted by atomic mass is 10.1. The van der Waals surface area contributed by atoms with Gasteiger partial charge < -0.3 is 5.32 Å². The van der Waals surface area contributed by atoms with E-state index in [9.17, 15) is 10.1 Å². The van der Waals surface area contributed by atoms with Gasteiger partial charge in [-0.25, -0.2) is 0 Å². The lowest BCUT2D eigenvalue weighted by Crippen LogP contribution is -2.06. The number of nitrogens with zero attached hydrogens (tertiary/aromatic N) is 1. The van der Waals surface area contributed by atoms with Gasteiger partial charge in [-0.3, -0.25) is 10.1 Å². The predicted molar refractivity (Wildman–Crippen MR) is 71.6 cm³/mol. The average molecular weight is 242 g/mol. The molecule has 0 heterocycles. The van der Waals surface area contributed by atoms with Gasteiger partial charge in [0.25, 0.3) is 5.69 Å². The number of non-ortho nitro benzene ring substituents is 1. The first-order valence-electron chi connectivity index (χ1n) is 5.73. The molecule has 0 saturated carbocycles. The van der Waals surface area contributed by atoms with Crippen molar-refractivity contribution < 1.29 is 4.92 Å². The van der Waals surface area contributed by atoms with Crippen LogP contribution in [0.4, 0.5) is 11.4 Å². The Morgan fingerprint density at radius 3 is 2.22 bits per heavy atom. The van der Waals surface area contributed by atoms with E-state index >= 15 is 0 Å². The Morgan fingerprint density at radius 1 is 1.06 bits per heavy atom. The molecule has 0 saturated heterocycles. The van der Waals surface area contributed by atoms with Crippen molar-refractivity contribution in [2.45, 2.75) is 13.0 Å². The van der Waals surface area contributed by atoms with Crippen LogP contribution in [0.5, 0.6) is 0 Å². The van der Waals surface area contributed by atoms with Gasteiger partial charge in [0.15, 0.2) is 0 Å². The smallest absolute Gasteiger partial charge is 0.269 e. The molecular weight excluding hydrogens is 228 g/mol. The Morgan fingerprint density at radius 2 is 1.67 bits per heavy atom. The lowest BCUT2D eigenvalue weighted by molar-refractivity contribution is -0.384. The van der Waals surface area contributed by atoms with Crippen LogP contribution in [-0.4, -0.2) is 4.92 Å². The van der Waals surface area contributed by atoms with Crippen molar-refractivity contribution in [2.24, 2.45) is 0 Å². The van der Waals surface area contributed by atoms with Gasteiger partial charge in [0.05, 0.1) is 4.92 Å². The Labute approximate surface area is 105 Å². The number of hydrogen-bond acceptors (Lipinski definition) is 3. The van der Waals surface area contributed by atoms with Crippen LogP contribution in [0.25, 0.3) is 0 Å². The van der Waals surface area contributed by atoms with Gasteiger partial charge in [-0.1, -0.05) is 30.3 Å². The average Bonchev–Trinajstić information content (AvgIpc) is 2.40. The highest BCUT2D eigenvalue weighted by atomic mass is 16.6. The maximum absolute atomic E-state index is 10.6. The first-order valence-corrected chi connectivity index (χ1v) is 5.73. The zero-order valence-electron chi connectivity index (χ0n) is 10.0. The summed E-state index contributed by atoms with van der Waals surface area (Å²) in [5.74, 6) is 0. The van der Waals surface area contributed by atoms with Crippen LogP contribution < -0.4 is 5.32 Å². The van der Waals surface area contributed by atoms with Crippen molar-refractivity contribution in [1.29, 1.82) is 0 Å². The van der Waals surface area contributed by atoms with Gasteiger partial charge in [0.2, 0.25) is 0 Å². The molecule has 0 aliphatic rings. The zero-order chi connectivity index (χ0) is 13.0. The number of anilines is 1. The SMILES string of the molecule is C[C@H](Nc1ccccc1)c1ccc([N+](=O)[O-])cc1.